The van der Waals surface area contributed by atoms with E-state index < -0.39 is 0 Å². The molecule has 0 N–H and O–H groups in total. The molecule has 0 bridgehead atoms. The van der Waals surface area contributed by atoms with Gasteiger partial charge in [0.15, 0.2) is 5.65 Å². The molecule has 90 valence electrons. The molecule has 0 aliphatic carbocycles. The number of rotatable bonds is 0. The monoisotopic (exact) mass is 229 g/mol. The summed E-state index contributed by atoms with van der Waals surface area (Å²) >= 11 is 0. The van der Waals surface area contributed by atoms with E-state index in [0.717, 1.165) is 24.1 Å². The van der Waals surface area contributed by atoms with E-state index in [2.05, 4.69) is 22.5 Å². The molecule has 1 aliphatic heterocycles. The molecule has 0 atom stereocenters. The van der Waals surface area contributed by atoms with Gasteiger partial charge in [0.25, 0.3) is 0 Å². The summed E-state index contributed by atoms with van der Waals surface area (Å²) in [7, 11) is 0. The highest BCUT2D eigenvalue weighted by Crippen LogP contribution is 2.20. The van der Waals surface area contributed by atoms with Crippen LogP contribution < -0.4 is 0 Å². The van der Waals surface area contributed by atoms with Crippen molar-refractivity contribution in [1.82, 2.24) is 14.5 Å². The molecular formula is C14H19N3. The standard InChI is InChI=1S/C14H19N3/c1-11-9-12-14(15-10-11)17-8-6-4-2-3-5-7-13(17)16-12/h9-10H,2-8H2,1H3. The molecule has 17 heavy (non-hydrogen) atoms. The lowest BCUT2D eigenvalue weighted by molar-refractivity contribution is 0.591. The van der Waals surface area contributed by atoms with Gasteiger partial charge in [-0.1, -0.05) is 19.3 Å². The van der Waals surface area contributed by atoms with Crippen LogP contribution in [0.1, 0.15) is 43.5 Å². The SMILES string of the molecule is Cc1cnc2c(c1)nc1n2CCCCCCC1. The largest absolute Gasteiger partial charge is 0.313 e. The van der Waals surface area contributed by atoms with Gasteiger partial charge in [-0.05, 0) is 31.4 Å². The van der Waals surface area contributed by atoms with Crippen LogP contribution in [0.5, 0.6) is 0 Å². The molecule has 0 radical (unpaired) electrons. The van der Waals surface area contributed by atoms with Crippen LogP contribution in [0.4, 0.5) is 0 Å². The molecule has 0 unspecified atom stereocenters. The predicted molar refractivity (Wildman–Crippen MR) is 69.1 cm³/mol. The van der Waals surface area contributed by atoms with E-state index in [-0.39, 0.29) is 0 Å². The maximum absolute atomic E-state index is 4.76. The quantitative estimate of drug-likeness (QED) is 0.694. The van der Waals surface area contributed by atoms with Gasteiger partial charge in [0.1, 0.15) is 11.3 Å². The summed E-state index contributed by atoms with van der Waals surface area (Å²) in [6, 6.07) is 2.15. The van der Waals surface area contributed by atoms with Crippen molar-refractivity contribution in [3.05, 3.63) is 23.7 Å². The van der Waals surface area contributed by atoms with Crippen LogP contribution >= 0.6 is 0 Å². The maximum atomic E-state index is 4.76. The molecule has 3 rings (SSSR count). The fraction of sp³-hybridized carbons (Fsp3) is 0.571. The van der Waals surface area contributed by atoms with E-state index in [1.807, 2.05) is 6.20 Å². The van der Waals surface area contributed by atoms with Crippen molar-refractivity contribution in [2.75, 3.05) is 0 Å². The molecule has 3 heteroatoms. The molecule has 0 saturated heterocycles. The summed E-state index contributed by atoms with van der Waals surface area (Å²) in [6.07, 6.45) is 9.63. The lowest BCUT2D eigenvalue weighted by atomic mass is 10.1. The van der Waals surface area contributed by atoms with Crippen LogP contribution in [0.3, 0.4) is 0 Å². The van der Waals surface area contributed by atoms with Gasteiger partial charge in [0.05, 0.1) is 0 Å². The van der Waals surface area contributed by atoms with E-state index in [4.69, 9.17) is 4.98 Å². The lowest BCUT2D eigenvalue weighted by Crippen LogP contribution is -2.03. The minimum atomic E-state index is 1.07. The Hall–Kier alpha value is -1.38. The summed E-state index contributed by atoms with van der Waals surface area (Å²) in [5.74, 6) is 1.24. The molecule has 0 saturated carbocycles. The Morgan fingerprint density at radius 1 is 1.12 bits per heavy atom. The Morgan fingerprint density at radius 3 is 2.88 bits per heavy atom. The highest BCUT2D eigenvalue weighted by Gasteiger charge is 2.12. The van der Waals surface area contributed by atoms with Crippen molar-refractivity contribution >= 4 is 11.2 Å². The van der Waals surface area contributed by atoms with Crippen molar-refractivity contribution in [2.45, 2.75) is 52.0 Å². The first-order valence-electron chi connectivity index (χ1n) is 6.66. The fourth-order valence-corrected chi connectivity index (χ4v) is 2.67. The first-order valence-corrected chi connectivity index (χ1v) is 6.66. The average molecular weight is 229 g/mol. The first kappa shape index (κ1) is 10.8. The Kier molecular flexibility index (Phi) is 2.83. The maximum Gasteiger partial charge on any atom is 0.160 e. The Balaban J connectivity index is 2.08. The second kappa shape index (κ2) is 4.47. The Bertz CT molecular complexity index is 527. The van der Waals surface area contributed by atoms with Crippen molar-refractivity contribution in [1.29, 1.82) is 0 Å². The number of aromatic nitrogens is 3. The van der Waals surface area contributed by atoms with Crippen LogP contribution in [-0.4, -0.2) is 14.5 Å². The number of hydrogen-bond acceptors (Lipinski definition) is 2. The smallest absolute Gasteiger partial charge is 0.160 e. The first-order chi connectivity index (χ1) is 8.34. The van der Waals surface area contributed by atoms with Gasteiger partial charge < -0.3 is 4.57 Å². The number of fused-ring (bicyclic) bond motifs is 3. The number of nitrogens with zero attached hydrogens (tertiary/aromatic N) is 3. The molecule has 3 nitrogen and oxygen atoms in total. The summed E-state index contributed by atoms with van der Waals surface area (Å²) in [5, 5.41) is 0. The number of pyridine rings is 1. The van der Waals surface area contributed by atoms with Crippen LogP contribution in [0.15, 0.2) is 12.3 Å². The van der Waals surface area contributed by atoms with Gasteiger partial charge in [-0.15, -0.1) is 0 Å². The van der Waals surface area contributed by atoms with Gasteiger partial charge in [-0.25, -0.2) is 9.97 Å². The molecule has 1 aliphatic rings. The van der Waals surface area contributed by atoms with Gasteiger partial charge in [-0.2, -0.15) is 0 Å². The third-order valence-electron chi connectivity index (χ3n) is 3.58. The molecule has 0 amide bonds. The number of hydrogen-bond donors (Lipinski definition) is 0. The number of imidazole rings is 1. The Morgan fingerprint density at radius 2 is 1.94 bits per heavy atom. The lowest BCUT2D eigenvalue weighted by Gasteiger charge is -2.05. The van der Waals surface area contributed by atoms with Crippen LogP contribution in [0.2, 0.25) is 0 Å². The topological polar surface area (TPSA) is 30.7 Å². The molecule has 2 aromatic rings. The summed E-state index contributed by atoms with van der Waals surface area (Å²) < 4.78 is 2.33. The second-order valence-electron chi connectivity index (χ2n) is 5.05. The third kappa shape index (κ3) is 2.06. The van der Waals surface area contributed by atoms with Crippen LogP contribution in [-0.2, 0) is 13.0 Å². The normalized spacial score (nSPS) is 17.2. The van der Waals surface area contributed by atoms with E-state index in [1.165, 1.54) is 43.5 Å². The zero-order chi connectivity index (χ0) is 11.7. The fourth-order valence-electron chi connectivity index (χ4n) is 2.67. The van der Waals surface area contributed by atoms with E-state index >= 15 is 0 Å². The summed E-state index contributed by atoms with van der Waals surface area (Å²) in [4.78, 5) is 9.32. The second-order valence-corrected chi connectivity index (χ2v) is 5.05. The zero-order valence-corrected chi connectivity index (χ0v) is 10.4. The van der Waals surface area contributed by atoms with Crippen LogP contribution in [0, 0.1) is 6.92 Å². The van der Waals surface area contributed by atoms with Crippen molar-refractivity contribution in [2.24, 2.45) is 0 Å². The Labute approximate surface area is 102 Å². The highest BCUT2D eigenvalue weighted by molar-refractivity contribution is 5.72. The predicted octanol–water partition coefficient (Wildman–Crippen LogP) is 3.25. The summed E-state index contributed by atoms with van der Waals surface area (Å²) in [5.41, 5.74) is 3.34. The van der Waals surface area contributed by atoms with E-state index in [0.29, 0.717) is 0 Å². The van der Waals surface area contributed by atoms with Crippen LogP contribution in [0.25, 0.3) is 11.2 Å². The van der Waals surface area contributed by atoms with E-state index in [9.17, 15) is 0 Å². The molecular weight excluding hydrogens is 210 g/mol. The summed E-state index contributed by atoms with van der Waals surface area (Å²) in [6.45, 7) is 3.16. The minimum Gasteiger partial charge on any atom is -0.313 e. The third-order valence-corrected chi connectivity index (χ3v) is 3.58. The molecule has 3 heterocycles. The van der Waals surface area contributed by atoms with Gasteiger partial charge >= 0.3 is 0 Å². The number of aryl methyl sites for hydroxylation is 3. The zero-order valence-electron chi connectivity index (χ0n) is 10.4. The van der Waals surface area contributed by atoms with Crippen molar-refractivity contribution in [3.8, 4) is 0 Å². The van der Waals surface area contributed by atoms with Gasteiger partial charge in [0.2, 0.25) is 0 Å². The van der Waals surface area contributed by atoms with Crippen molar-refractivity contribution < 1.29 is 0 Å². The van der Waals surface area contributed by atoms with Gasteiger partial charge in [-0.3, -0.25) is 0 Å². The van der Waals surface area contributed by atoms with E-state index in [1.54, 1.807) is 0 Å². The highest BCUT2D eigenvalue weighted by atomic mass is 15.1. The van der Waals surface area contributed by atoms with Crippen molar-refractivity contribution in [3.63, 3.8) is 0 Å². The minimum absolute atomic E-state index is 1.07. The molecule has 0 spiro atoms. The molecule has 0 fully saturated rings. The average Bonchev–Trinajstić information content (AvgIpc) is 2.68. The molecule has 0 aromatic carbocycles. The molecule has 2 aromatic heterocycles. The van der Waals surface area contributed by atoms with Gasteiger partial charge in [0, 0.05) is 19.2 Å².